The van der Waals surface area contributed by atoms with Crippen molar-refractivity contribution in [3.05, 3.63) is 70.5 Å². The number of halogens is 1. The van der Waals surface area contributed by atoms with Gasteiger partial charge in [0.15, 0.2) is 0 Å². The van der Waals surface area contributed by atoms with E-state index in [1.165, 1.54) is 11.1 Å². The second-order valence-corrected chi connectivity index (χ2v) is 5.10. The fourth-order valence-corrected chi connectivity index (χ4v) is 1.97. The van der Waals surface area contributed by atoms with Crippen LogP contribution in [0.4, 0.5) is 4.39 Å². The molecule has 0 aliphatic heterocycles. The smallest absolute Gasteiger partial charge is 0.126 e. The minimum absolute atomic E-state index is 0.136. The van der Waals surface area contributed by atoms with E-state index in [4.69, 9.17) is 0 Å². The molecule has 1 nitrogen and oxygen atoms in total. The van der Waals surface area contributed by atoms with E-state index in [-0.39, 0.29) is 11.9 Å². The Kier molecular flexibility index (Phi) is 4.33. The second kappa shape index (κ2) is 5.98. The van der Waals surface area contributed by atoms with Gasteiger partial charge in [-0.1, -0.05) is 42.0 Å². The van der Waals surface area contributed by atoms with Crippen LogP contribution in [0.5, 0.6) is 0 Å². The molecular weight excluding hydrogens is 237 g/mol. The van der Waals surface area contributed by atoms with Gasteiger partial charge in [-0.3, -0.25) is 0 Å². The lowest BCUT2D eigenvalue weighted by Gasteiger charge is -2.15. The van der Waals surface area contributed by atoms with Gasteiger partial charge in [0.05, 0.1) is 0 Å². The molecule has 100 valence electrons. The third-order valence-electron chi connectivity index (χ3n) is 3.43. The normalized spacial score (nSPS) is 12.4. The number of hydrogen-bond donors (Lipinski definition) is 1. The summed E-state index contributed by atoms with van der Waals surface area (Å²) >= 11 is 0. The number of aryl methyl sites for hydroxylation is 2. The molecule has 1 unspecified atom stereocenters. The predicted molar refractivity (Wildman–Crippen MR) is 77.6 cm³/mol. The van der Waals surface area contributed by atoms with Crippen LogP contribution in [0, 0.1) is 19.7 Å². The molecule has 0 amide bonds. The summed E-state index contributed by atoms with van der Waals surface area (Å²) in [5, 5.41) is 3.41. The number of benzene rings is 2. The van der Waals surface area contributed by atoms with Crippen LogP contribution in [0.25, 0.3) is 0 Å². The topological polar surface area (TPSA) is 12.0 Å². The highest BCUT2D eigenvalue weighted by Crippen LogP contribution is 2.17. The Morgan fingerprint density at radius 2 is 1.74 bits per heavy atom. The molecule has 2 heteroatoms. The molecule has 0 saturated heterocycles. The number of rotatable bonds is 4. The van der Waals surface area contributed by atoms with Crippen LogP contribution in [-0.2, 0) is 6.54 Å². The summed E-state index contributed by atoms with van der Waals surface area (Å²) in [6.07, 6.45) is 0. The quantitative estimate of drug-likeness (QED) is 0.861. The molecule has 2 rings (SSSR count). The molecule has 0 aromatic heterocycles. The fourth-order valence-electron chi connectivity index (χ4n) is 1.97. The predicted octanol–water partition coefficient (Wildman–Crippen LogP) is 4.29. The molecule has 2 aromatic rings. The summed E-state index contributed by atoms with van der Waals surface area (Å²) in [4.78, 5) is 0. The fraction of sp³-hybridized carbons (Fsp3) is 0.294. The average Bonchev–Trinajstić information content (AvgIpc) is 2.41. The molecule has 19 heavy (non-hydrogen) atoms. The zero-order valence-corrected chi connectivity index (χ0v) is 11.7. The standard InChI is InChI=1S/C17H20FN/c1-12-4-7-15(8-5-12)11-19-14(3)16-9-6-13(2)17(18)10-16/h4-10,14,19H,11H2,1-3H3. The molecule has 0 bridgehead atoms. The molecule has 0 heterocycles. The van der Waals surface area contributed by atoms with Crippen LogP contribution < -0.4 is 5.32 Å². The molecule has 1 N–H and O–H groups in total. The maximum Gasteiger partial charge on any atom is 0.126 e. The van der Waals surface area contributed by atoms with E-state index >= 15 is 0 Å². The Hall–Kier alpha value is -1.67. The summed E-state index contributed by atoms with van der Waals surface area (Å²) in [6.45, 7) is 6.70. The first-order valence-electron chi connectivity index (χ1n) is 6.61. The van der Waals surface area contributed by atoms with Gasteiger partial charge in [-0.15, -0.1) is 0 Å². The Labute approximate surface area is 114 Å². The number of nitrogens with one attached hydrogen (secondary N) is 1. The van der Waals surface area contributed by atoms with Crippen LogP contribution in [0.1, 0.15) is 35.2 Å². The van der Waals surface area contributed by atoms with Crippen molar-refractivity contribution >= 4 is 0 Å². The van der Waals surface area contributed by atoms with Crippen molar-refractivity contribution in [1.82, 2.24) is 5.32 Å². The first-order valence-corrected chi connectivity index (χ1v) is 6.61. The maximum atomic E-state index is 13.5. The molecule has 1 atom stereocenters. The Balaban J connectivity index is 1.98. The highest BCUT2D eigenvalue weighted by Gasteiger charge is 2.07. The summed E-state index contributed by atoms with van der Waals surface area (Å²) in [7, 11) is 0. The third-order valence-corrected chi connectivity index (χ3v) is 3.43. The Morgan fingerprint density at radius 1 is 1.05 bits per heavy atom. The highest BCUT2D eigenvalue weighted by atomic mass is 19.1. The van der Waals surface area contributed by atoms with Gasteiger partial charge in [0.1, 0.15) is 5.82 Å². The van der Waals surface area contributed by atoms with Crippen LogP contribution >= 0.6 is 0 Å². The van der Waals surface area contributed by atoms with Crippen LogP contribution in [0.15, 0.2) is 42.5 Å². The molecule has 0 aliphatic carbocycles. The molecule has 0 spiro atoms. The van der Waals surface area contributed by atoms with Crippen molar-refractivity contribution in [2.75, 3.05) is 0 Å². The van der Waals surface area contributed by atoms with Crippen LogP contribution in [0.3, 0.4) is 0 Å². The van der Waals surface area contributed by atoms with Crippen molar-refractivity contribution < 1.29 is 4.39 Å². The van der Waals surface area contributed by atoms with Gasteiger partial charge in [0.25, 0.3) is 0 Å². The Morgan fingerprint density at radius 3 is 2.37 bits per heavy atom. The van der Waals surface area contributed by atoms with Gasteiger partial charge >= 0.3 is 0 Å². The summed E-state index contributed by atoms with van der Waals surface area (Å²) in [5.74, 6) is -0.138. The average molecular weight is 257 g/mol. The van der Waals surface area contributed by atoms with E-state index in [0.717, 1.165) is 12.1 Å². The van der Waals surface area contributed by atoms with E-state index in [1.807, 2.05) is 12.1 Å². The zero-order chi connectivity index (χ0) is 13.8. The summed E-state index contributed by atoms with van der Waals surface area (Å²) in [5.41, 5.74) is 4.17. The van der Waals surface area contributed by atoms with Gasteiger partial charge in [-0.25, -0.2) is 4.39 Å². The molecule has 0 saturated carbocycles. The van der Waals surface area contributed by atoms with Gasteiger partial charge in [0, 0.05) is 12.6 Å². The van der Waals surface area contributed by atoms with E-state index in [0.29, 0.717) is 5.56 Å². The first kappa shape index (κ1) is 13.8. The molecule has 2 aromatic carbocycles. The maximum absolute atomic E-state index is 13.5. The van der Waals surface area contributed by atoms with Crippen LogP contribution in [0.2, 0.25) is 0 Å². The summed E-state index contributed by atoms with van der Waals surface area (Å²) in [6, 6.07) is 14.0. The minimum Gasteiger partial charge on any atom is -0.306 e. The molecule has 0 fully saturated rings. The van der Waals surface area contributed by atoms with E-state index < -0.39 is 0 Å². The molecule has 0 aliphatic rings. The van der Waals surface area contributed by atoms with Crippen LogP contribution in [-0.4, -0.2) is 0 Å². The molecule has 0 radical (unpaired) electrons. The highest BCUT2D eigenvalue weighted by molar-refractivity contribution is 5.26. The summed E-state index contributed by atoms with van der Waals surface area (Å²) < 4.78 is 13.5. The second-order valence-electron chi connectivity index (χ2n) is 5.10. The van der Waals surface area contributed by atoms with E-state index in [9.17, 15) is 4.39 Å². The van der Waals surface area contributed by atoms with Crippen molar-refractivity contribution in [3.63, 3.8) is 0 Å². The third kappa shape index (κ3) is 3.65. The Bertz CT molecular complexity index is 546. The first-order chi connectivity index (χ1) is 9.06. The van der Waals surface area contributed by atoms with Crippen molar-refractivity contribution in [2.24, 2.45) is 0 Å². The van der Waals surface area contributed by atoms with Gasteiger partial charge in [-0.2, -0.15) is 0 Å². The van der Waals surface area contributed by atoms with Gasteiger partial charge in [0.2, 0.25) is 0 Å². The van der Waals surface area contributed by atoms with E-state index in [2.05, 4.69) is 43.4 Å². The molecular formula is C17H20FN. The van der Waals surface area contributed by atoms with Gasteiger partial charge < -0.3 is 5.32 Å². The lowest BCUT2D eigenvalue weighted by molar-refractivity contribution is 0.563. The largest absolute Gasteiger partial charge is 0.306 e. The van der Waals surface area contributed by atoms with Crippen molar-refractivity contribution in [3.8, 4) is 0 Å². The monoisotopic (exact) mass is 257 g/mol. The van der Waals surface area contributed by atoms with E-state index in [1.54, 1.807) is 13.0 Å². The van der Waals surface area contributed by atoms with Crippen molar-refractivity contribution in [2.45, 2.75) is 33.4 Å². The minimum atomic E-state index is -0.138. The number of hydrogen-bond acceptors (Lipinski definition) is 1. The lowest BCUT2D eigenvalue weighted by Crippen LogP contribution is -2.18. The SMILES string of the molecule is Cc1ccc(CNC(C)c2ccc(C)c(F)c2)cc1. The zero-order valence-electron chi connectivity index (χ0n) is 11.7. The van der Waals surface area contributed by atoms with Gasteiger partial charge in [-0.05, 0) is 43.5 Å². The lowest BCUT2D eigenvalue weighted by atomic mass is 10.1. The van der Waals surface area contributed by atoms with Crippen molar-refractivity contribution in [1.29, 1.82) is 0 Å².